The molecule has 4 heteroatoms. The number of pyridine rings is 1. The number of nitrogens with two attached hydrogens (primary N) is 1. The number of nitrogens with zero attached hydrogens (tertiary/aromatic N) is 2. The molecule has 0 aliphatic rings. The van der Waals surface area contributed by atoms with Gasteiger partial charge in [0, 0.05) is 23.0 Å². The summed E-state index contributed by atoms with van der Waals surface area (Å²) >= 11 is 0. The second-order valence-corrected chi connectivity index (χ2v) is 5.95. The predicted octanol–water partition coefficient (Wildman–Crippen LogP) is 4.86. The SMILES string of the molecule is N#Cc1c(-c2ccc[nH]2)cc(-c2ccc(-c3ccccc3)cc2)nc1N. The lowest BCUT2D eigenvalue weighted by Gasteiger charge is -2.10. The number of H-pyrrole nitrogens is 1. The van der Waals surface area contributed by atoms with Gasteiger partial charge in [0.05, 0.1) is 5.69 Å². The number of benzene rings is 2. The number of nitrogens with one attached hydrogen (secondary N) is 1. The van der Waals surface area contributed by atoms with Gasteiger partial charge in [0.2, 0.25) is 0 Å². The van der Waals surface area contributed by atoms with Crippen LogP contribution in [0.1, 0.15) is 5.56 Å². The summed E-state index contributed by atoms with van der Waals surface area (Å²) in [6.45, 7) is 0. The van der Waals surface area contributed by atoms with Crippen molar-refractivity contribution in [3.8, 4) is 39.7 Å². The molecule has 2 heterocycles. The molecule has 124 valence electrons. The molecule has 0 saturated heterocycles. The van der Waals surface area contributed by atoms with Crippen LogP contribution in [-0.2, 0) is 0 Å². The van der Waals surface area contributed by atoms with Gasteiger partial charge in [-0.05, 0) is 29.3 Å². The summed E-state index contributed by atoms with van der Waals surface area (Å²) in [5.74, 6) is 0.238. The molecule has 0 saturated carbocycles. The fourth-order valence-corrected chi connectivity index (χ4v) is 3.00. The number of nitrogen functional groups attached to an aromatic ring is 1. The lowest BCUT2D eigenvalue weighted by Crippen LogP contribution is -1.99. The Morgan fingerprint density at radius 3 is 2.19 bits per heavy atom. The fraction of sp³-hybridized carbons (Fsp3) is 0. The molecule has 4 aromatic rings. The summed E-state index contributed by atoms with van der Waals surface area (Å²) in [5, 5.41) is 9.44. The third-order valence-corrected chi connectivity index (χ3v) is 4.34. The Hall–Kier alpha value is -3.84. The number of anilines is 1. The number of hydrogen-bond acceptors (Lipinski definition) is 3. The maximum atomic E-state index is 9.44. The number of rotatable bonds is 3. The molecule has 0 spiro atoms. The van der Waals surface area contributed by atoms with Gasteiger partial charge >= 0.3 is 0 Å². The van der Waals surface area contributed by atoms with E-state index in [2.05, 4.69) is 40.3 Å². The summed E-state index contributed by atoms with van der Waals surface area (Å²) in [5.41, 5.74) is 12.0. The van der Waals surface area contributed by atoms with Crippen molar-refractivity contribution in [1.82, 2.24) is 9.97 Å². The molecule has 0 radical (unpaired) electrons. The maximum absolute atomic E-state index is 9.44. The van der Waals surface area contributed by atoms with Gasteiger partial charge < -0.3 is 10.7 Å². The van der Waals surface area contributed by atoms with Crippen molar-refractivity contribution < 1.29 is 0 Å². The van der Waals surface area contributed by atoms with E-state index in [4.69, 9.17) is 5.73 Å². The highest BCUT2D eigenvalue weighted by Gasteiger charge is 2.14. The number of aromatic nitrogens is 2. The lowest BCUT2D eigenvalue weighted by molar-refractivity contribution is 1.29. The monoisotopic (exact) mass is 336 g/mol. The first-order valence-electron chi connectivity index (χ1n) is 8.26. The number of nitriles is 1. The molecule has 0 atom stereocenters. The number of aromatic amines is 1. The Bertz CT molecular complexity index is 1070. The van der Waals surface area contributed by atoms with Crippen LogP contribution in [0.2, 0.25) is 0 Å². The largest absolute Gasteiger partial charge is 0.383 e. The van der Waals surface area contributed by atoms with Gasteiger partial charge in [0.15, 0.2) is 0 Å². The zero-order valence-electron chi connectivity index (χ0n) is 14.0. The van der Waals surface area contributed by atoms with E-state index < -0.39 is 0 Å². The summed E-state index contributed by atoms with van der Waals surface area (Å²) < 4.78 is 0. The van der Waals surface area contributed by atoms with E-state index in [-0.39, 0.29) is 5.82 Å². The minimum Gasteiger partial charge on any atom is -0.383 e. The standard InChI is InChI=1S/C22H16N4/c23-14-19-18(20-7-4-12-25-20)13-21(26-22(19)24)17-10-8-16(9-11-17)15-5-2-1-3-6-15/h1-13,25H,(H2,24,26). The number of hydrogen-bond donors (Lipinski definition) is 2. The topological polar surface area (TPSA) is 78.5 Å². The van der Waals surface area contributed by atoms with Gasteiger partial charge in [-0.25, -0.2) is 4.98 Å². The summed E-state index contributed by atoms with van der Waals surface area (Å²) in [4.78, 5) is 7.56. The smallest absolute Gasteiger partial charge is 0.142 e. The van der Waals surface area contributed by atoms with Gasteiger partial charge in [-0.3, -0.25) is 0 Å². The molecule has 0 aliphatic carbocycles. The van der Waals surface area contributed by atoms with Crippen LogP contribution < -0.4 is 5.73 Å². The third-order valence-electron chi connectivity index (χ3n) is 4.34. The van der Waals surface area contributed by atoms with Crippen molar-refractivity contribution in [2.24, 2.45) is 0 Å². The average Bonchev–Trinajstić information content (AvgIpc) is 3.23. The first-order chi connectivity index (χ1) is 12.8. The highest BCUT2D eigenvalue weighted by atomic mass is 14.9. The van der Waals surface area contributed by atoms with Crippen molar-refractivity contribution in [2.45, 2.75) is 0 Å². The molecule has 3 N–H and O–H groups in total. The van der Waals surface area contributed by atoms with Gasteiger partial charge in [-0.2, -0.15) is 5.26 Å². The molecule has 4 nitrogen and oxygen atoms in total. The first-order valence-corrected chi connectivity index (χ1v) is 8.26. The minimum atomic E-state index is 0.238. The Kier molecular flexibility index (Phi) is 3.97. The predicted molar refractivity (Wildman–Crippen MR) is 104 cm³/mol. The molecule has 4 rings (SSSR count). The van der Waals surface area contributed by atoms with E-state index in [1.807, 2.05) is 54.7 Å². The minimum absolute atomic E-state index is 0.238. The van der Waals surface area contributed by atoms with Gasteiger partial charge in [0.25, 0.3) is 0 Å². The molecule has 0 fully saturated rings. The molecule has 2 aromatic carbocycles. The van der Waals surface area contributed by atoms with Gasteiger partial charge in [-0.15, -0.1) is 0 Å². The van der Waals surface area contributed by atoms with Crippen molar-refractivity contribution in [3.05, 3.63) is 84.6 Å². The third kappa shape index (κ3) is 2.83. The molecule has 0 bridgehead atoms. The van der Waals surface area contributed by atoms with Crippen LogP contribution in [0.25, 0.3) is 33.6 Å². The van der Waals surface area contributed by atoms with E-state index in [9.17, 15) is 5.26 Å². The molecule has 0 amide bonds. The van der Waals surface area contributed by atoms with Crippen LogP contribution in [0.4, 0.5) is 5.82 Å². The van der Waals surface area contributed by atoms with Gasteiger partial charge in [-0.1, -0.05) is 54.6 Å². The Balaban J connectivity index is 1.78. The van der Waals surface area contributed by atoms with Crippen LogP contribution in [0.15, 0.2) is 79.0 Å². The Labute approximate surface area is 151 Å². The highest BCUT2D eigenvalue weighted by molar-refractivity contribution is 5.79. The average molecular weight is 336 g/mol. The second kappa shape index (κ2) is 6.58. The van der Waals surface area contributed by atoms with Crippen molar-refractivity contribution >= 4 is 5.82 Å². The fourth-order valence-electron chi connectivity index (χ4n) is 3.00. The van der Waals surface area contributed by atoms with E-state index >= 15 is 0 Å². The Morgan fingerprint density at radius 1 is 0.846 bits per heavy atom. The van der Waals surface area contributed by atoms with Crippen LogP contribution in [0.3, 0.4) is 0 Å². The summed E-state index contributed by atoms with van der Waals surface area (Å²) in [7, 11) is 0. The Morgan fingerprint density at radius 2 is 1.54 bits per heavy atom. The van der Waals surface area contributed by atoms with Crippen LogP contribution in [-0.4, -0.2) is 9.97 Å². The van der Waals surface area contributed by atoms with E-state index in [1.165, 1.54) is 5.56 Å². The van der Waals surface area contributed by atoms with Crippen LogP contribution in [0, 0.1) is 11.3 Å². The second-order valence-electron chi connectivity index (χ2n) is 5.95. The van der Waals surface area contributed by atoms with Crippen molar-refractivity contribution in [1.29, 1.82) is 5.26 Å². The highest BCUT2D eigenvalue weighted by Crippen LogP contribution is 2.31. The molecular formula is C22H16N4. The van der Waals surface area contributed by atoms with Crippen LogP contribution in [0.5, 0.6) is 0 Å². The molecule has 0 aliphatic heterocycles. The maximum Gasteiger partial charge on any atom is 0.142 e. The summed E-state index contributed by atoms with van der Waals surface area (Å²) in [6, 6.07) is 26.2. The van der Waals surface area contributed by atoms with Gasteiger partial charge in [0.1, 0.15) is 17.5 Å². The zero-order chi connectivity index (χ0) is 17.9. The first kappa shape index (κ1) is 15.7. The lowest BCUT2D eigenvalue weighted by atomic mass is 10.00. The van der Waals surface area contributed by atoms with E-state index in [1.54, 1.807) is 0 Å². The molecule has 26 heavy (non-hydrogen) atoms. The van der Waals surface area contributed by atoms with Crippen molar-refractivity contribution in [2.75, 3.05) is 5.73 Å². The van der Waals surface area contributed by atoms with E-state index in [0.717, 1.165) is 28.1 Å². The summed E-state index contributed by atoms with van der Waals surface area (Å²) in [6.07, 6.45) is 1.82. The van der Waals surface area contributed by atoms with Crippen molar-refractivity contribution in [3.63, 3.8) is 0 Å². The molecular weight excluding hydrogens is 320 g/mol. The molecule has 2 aromatic heterocycles. The quantitative estimate of drug-likeness (QED) is 0.560. The molecule has 0 unspecified atom stereocenters. The zero-order valence-corrected chi connectivity index (χ0v) is 14.0. The normalized spacial score (nSPS) is 10.4. The van der Waals surface area contributed by atoms with E-state index in [0.29, 0.717) is 5.56 Å². The van der Waals surface area contributed by atoms with Crippen LogP contribution >= 0.6 is 0 Å².